The van der Waals surface area contributed by atoms with Crippen molar-refractivity contribution in [1.29, 1.82) is 0 Å². The third-order valence-corrected chi connectivity index (χ3v) is 8.92. The summed E-state index contributed by atoms with van der Waals surface area (Å²) in [4.78, 5) is 17.2. The van der Waals surface area contributed by atoms with Gasteiger partial charge in [0.15, 0.2) is 0 Å². The van der Waals surface area contributed by atoms with Gasteiger partial charge < -0.3 is 4.90 Å². The van der Waals surface area contributed by atoms with E-state index in [2.05, 4.69) is 16.7 Å². The molecule has 1 aromatic rings. The Kier molecular flexibility index (Phi) is 6.37. The van der Waals surface area contributed by atoms with Gasteiger partial charge in [-0.3, -0.25) is 9.69 Å². The summed E-state index contributed by atoms with van der Waals surface area (Å²) < 4.78 is 27.2. The SMILES string of the molecule is CC[C@H]1CCCCN1C(=O)[C@@H](C)N1CCN(S(=O)(=O)c2cccs2)CC1. The maximum absolute atomic E-state index is 13.0. The molecule has 0 unspecified atom stereocenters. The number of carbonyl (C=O) groups excluding carboxylic acids is 1. The molecule has 0 radical (unpaired) electrons. The first-order valence-electron chi connectivity index (χ1n) is 9.53. The van der Waals surface area contributed by atoms with Crippen molar-refractivity contribution in [2.45, 2.75) is 55.8 Å². The predicted octanol–water partition coefficient (Wildman–Crippen LogP) is 2.23. The number of hydrogen-bond donors (Lipinski definition) is 0. The van der Waals surface area contributed by atoms with E-state index in [1.165, 1.54) is 17.8 Å². The normalized spacial score (nSPS) is 24.5. The van der Waals surface area contributed by atoms with Gasteiger partial charge >= 0.3 is 0 Å². The standard InChI is InChI=1S/C18H29N3O3S2/c1-3-16-7-4-5-9-21(16)18(22)15(2)19-10-12-20(13-11-19)26(23,24)17-8-6-14-25-17/h6,8,14-16H,3-5,7,9-13H2,1-2H3/t15-,16+/m1/s1. The van der Waals surface area contributed by atoms with Crippen LogP contribution in [0, 0.1) is 0 Å². The molecule has 2 aliphatic rings. The first kappa shape index (κ1) is 19.8. The lowest BCUT2D eigenvalue weighted by Gasteiger charge is -2.41. The molecular weight excluding hydrogens is 370 g/mol. The minimum atomic E-state index is -3.39. The van der Waals surface area contributed by atoms with Crippen LogP contribution in [0.3, 0.4) is 0 Å². The molecule has 146 valence electrons. The van der Waals surface area contributed by atoms with E-state index in [-0.39, 0.29) is 11.9 Å². The van der Waals surface area contributed by atoms with Gasteiger partial charge in [-0.25, -0.2) is 8.42 Å². The number of amides is 1. The topological polar surface area (TPSA) is 60.9 Å². The van der Waals surface area contributed by atoms with Crippen LogP contribution in [0.5, 0.6) is 0 Å². The zero-order chi connectivity index (χ0) is 18.7. The zero-order valence-electron chi connectivity index (χ0n) is 15.6. The van der Waals surface area contributed by atoms with Crippen molar-refractivity contribution in [1.82, 2.24) is 14.1 Å². The lowest BCUT2D eigenvalue weighted by molar-refractivity contribution is -0.140. The summed E-state index contributed by atoms with van der Waals surface area (Å²) in [6.45, 7) is 7.05. The van der Waals surface area contributed by atoms with Crippen LogP contribution >= 0.6 is 11.3 Å². The minimum absolute atomic E-state index is 0.186. The van der Waals surface area contributed by atoms with Crippen LogP contribution in [0.1, 0.15) is 39.5 Å². The number of piperidine rings is 1. The Labute approximate surface area is 160 Å². The summed E-state index contributed by atoms with van der Waals surface area (Å²) in [7, 11) is -3.39. The molecule has 0 aromatic carbocycles. The fourth-order valence-electron chi connectivity index (χ4n) is 3.98. The van der Waals surface area contributed by atoms with Gasteiger partial charge in [-0.05, 0) is 44.1 Å². The van der Waals surface area contributed by atoms with Crippen molar-refractivity contribution in [3.63, 3.8) is 0 Å². The fourth-order valence-corrected chi connectivity index (χ4v) is 6.55. The molecule has 0 saturated carbocycles. The summed E-state index contributed by atoms with van der Waals surface area (Å²) in [5.41, 5.74) is 0. The summed E-state index contributed by atoms with van der Waals surface area (Å²) >= 11 is 1.25. The van der Waals surface area contributed by atoms with Gasteiger partial charge in [-0.2, -0.15) is 4.31 Å². The number of carbonyl (C=O) groups is 1. The molecule has 0 aliphatic carbocycles. The van der Waals surface area contributed by atoms with E-state index in [1.54, 1.807) is 21.8 Å². The van der Waals surface area contributed by atoms with Gasteiger partial charge in [0.05, 0.1) is 6.04 Å². The summed E-state index contributed by atoms with van der Waals surface area (Å²) in [6, 6.07) is 3.59. The van der Waals surface area contributed by atoms with Crippen molar-refractivity contribution >= 4 is 27.3 Å². The van der Waals surface area contributed by atoms with E-state index in [4.69, 9.17) is 0 Å². The smallest absolute Gasteiger partial charge is 0.252 e. The van der Waals surface area contributed by atoms with Crippen LogP contribution < -0.4 is 0 Å². The Balaban J connectivity index is 1.60. The third kappa shape index (κ3) is 3.98. The molecule has 2 aliphatic heterocycles. The average molecular weight is 400 g/mol. The van der Waals surface area contributed by atoms with Crippen molar-refractivity contribution in [2.75, 3.05) is 32.7 Å². The molecule has 1 aromatic heterocycles. The lowest BCUT2D eigenvalue weighted by atomic mass is 9.99. The highest BCUT2D eigenvalue weighted by Gasteiger charge is 2.35. The Morgan fingerprint density at radius 2 is 1.96 bits per heavy atom. The molecule has 3 heterocycles. The number of rotatable bonds is 5. The van der Waals surface area contributed by atoms with Gasteiger partial charge in [0.1, 0.15) is 4.21 Å². The second kappa shape index (κ2) is 8.37. The van der Waals surface area contributed by atoms with Crippen molar-refractivity contribution in [2.24, 2.45) is 0 Å². The van der Waals surface area contributed by atoms with E-state index in [0.29, 0.717) is 36.4 Å². The summed E-state index contributed by atoms with van der Waals surface area (Å²) in [5.74, 6) is 0.200. The van der Waals surface area contributed by atoms with Crippen LogP contribution in [0.2, 0.25) is 0 Å². The van der Waals surface area contributed by atoms with Crippen LogP contribution in [0.4, 0.5) is 0 Å². The summed E-state index contributed by atoms with van der Waals surface area (Å²) in [6.07, 6.45) is 4.39. The number of sulfonamides is 1. The number of thiophene rings is 1. The molecule has 2 fully saturated rings. The van der Waals surface area contributed by atoms with Gasteiger partial charge in [-0.1, -0.05) is 13.0 Å². The van der Waals surface area contributed by atoms with E-state index in [9.17, 15) is 13.2 Å². The third-order valence-electron chi connectivity index (χ3n) is 5.65. The molecule has 2 atom stereocenters. The lowest BCUT2D eigenvalue weighted by Crippen LogP contribution is -2.57. The van der Waals surface area contributed by atoms with Gasteiger partial charge in [0.25, 0.3) is 10.0 Å². The number of nitrogens with zero attached hydrogens (tertiary/aromatic N) is 3. The van der Waals surface area contributed by atoms with Crippen molar-refractivity contribution in [3.05, 3.63) is 17.5 Å². The second-order valence-electron chi connectivity index (χ2n) is 7.14. The van der Waals surface area contributed by atoms with Crippen molar-refractivity contribution in [3.8, 4) is 0 Å². The molecule has 1 amide bonds. The molecule has 3 rings (SSSR count). The van der Waals surface area contributed by atoms with E-state index in [1.807, 2.05) is 6.92 Å². The quantitative estimate of drug-likeness (QED) is 0.762. The van der Waals surface area contributed by atoms with Crippen LogP contribution in [-0.2, 0) is 14.8 Å². The zero-order valence-corrected chi connectivity index (χ0v) is 17.3. The molecule has 2 saturated heterocycles. The fraction of sp³-hybridized carbons (Fsp3) is 0.722. The van der Waals surface area contributed by atoms with Crippen LogP contribution in [0.25, 0.3) is 0 Å². The Bertz CT molecular complexity index is 697. The molecule has 0 N–H and O–H groups in total. The number of hydrogen-bond acceptors (Lipinski definition) is 5. The molecule has 0 bridgehead atoms. The van der Waals surface area contributed by atoms with Gasteiger partial charge in [-0.15, -0.1) is 11.3 Å². The highest BCUT2D eigenvalue weighted by molar-refractivity contribution is 7.91. The van der Waals surface area contributed by atoms with E-state index < -0.39 is 10.0 Å². The molecule has 0 spiro atoms. The van der Waals surface area contributed by atoms with Crippen LogP contribution in [0.15, 0.2) is 21.7 Å². The Hall–Kier alpha value is -0.960. The number of piperazine rings is 1. The average Bonchev–Trinajstić information content (AvgIpc) is 3.22. The highest BCUT2D eigenvalue weighted by Crippen LogP contribution is 2.24. The predicted molar refractivity (Wildman–Crippen MR) is 104 cm³/mol. The molecule has 26 heavy (non-hydrogen) atoms. The molecule has 8 heteroatoms. The highest BCUT2D eigenvalue weighted by atomic mass is 32.2. The maximum Gasteiger partial charge on any atom is 0.252 e. The largest absolute Gasteiger partial charge is 0.338 e. The molecule has 6 nitrogen and oxygen atoms in total. The van der Waals surface area contributed by atoms with E-state index >= 15 is 0 Å². The minimum Gasteiger partial charge on any atom is -0.338 e. The second-order valence-corrected chi connectivity index (χ2v) is 10.3. The first-order chi connectivity index (χ1) is 12.4. The van der Waals surface area contributed by atoms with E-state index in [0.717, 1.165) is 25.8 Å². The first-order valence-corrected chi connectivity index (χ1v) is 11.8. The number of likely N-dealkylation sites (tertiary alicyclic amines) is 1. The molecular formula is C18H29N3O3S2. The Morgan fingerprint density at radius 3 is 2.58 bits per heavy atom. The maximum atomic E-state index is 13.0. The summed E-state index contributed by atoms with van der Waals surface area (Å²) in [5, 5.41) is 1.78. The van der Waals surface area contributed by atoms with Gasteiger partial charge in [0.2, 0.25) is 5.91 Å². The van der Waals surface area contributed by atoms with Gasteiger partial charge in [0, 0.05) is 38.8 Å². The Morgan fingerprint density at radius 1 is 1.23 bits per heavy atom. The van der Waals surface area contributed by atoms with Crippen molar-refractivity contribution < 1.29 is 13.2 Å². The van der Waals surface area contributed by atoms with Crippen LogP contribution in [-0.4, -0.2) is 73.2 Å². The monoisotopic (exact) mass is 399 g/mol.